The first-order valence-corrected chi connectivity index (χ1v) is 14.4. The molecule has 39 heavy (non-hydrogen) atoms. The Morgan fingerprint density at radius 1 is 1.05 bits per heavy atom. The van der Waals surface area contributed by atoms with E-state index >= 15 is 0 Å². The monoisotopic (exact) mass is 539 g/mol. The van der Waals surface area contributed by atoms with Crippen molar-refractivity contribution in [3.8, 4) is 11.5 Å². The van der Waals surface area contributed by atoms with E-state index in [1.807, 2.05) is 67.3 Å². The Morgan fingerprint density at radius 2 is 1.79 bits per heavy atom. The maximum Gasteiger partial charge on any atom is 0.320 e. The molecular weight excluding hydrogens is 494 g/mol. The van der Waals surface area contributed by atoms with Gasteiger partial charge in [0.1, 0.15) is 11.5 Å². The number of para-hydroxylation sites is 2. The smallest absolute Gasteiger partial charge is 0.320 e. The Hall–Kier alpha value is -2.65. The zero-order valence-corrected chi connectivity index (χ0v) is 23.6. The quantitative estimate of drug-likeness (QED) is 0.369. The van der Waals surface area contributed by atoms with Crippen LogP contribution in [-0.2, 0) is 10.3 Å². The number of aliphatic hydroxyl groups excluding tert-OH is 1. The number of nitrogens with zero attached hydrogens (tertiary/aromatic N) is 2. The summed E-state index contributed by atoms with van der Waals surface area (Å²) in [4.78, 5) is 17.1. The average molecular weight is 540 g/mol. The molecule has 2 aliphatic heterocycles. The van der Waals surface area contributed by atoms with Gasteiger partial charge in [0.2, 0.25) is 0 Å². The molecule has 2 aromatic rings. The summed E-state index contributed by atoms with van der Waals surface area (Å²) in [6.07, 6.45) is 3.24. The molecule has 3 N–H and O–H groups in total. The molecular formula is C31H45N3O5. The maximum atomic E-state index is 13.5. The third-order valence-corrected chi connectivity index (χ3v) is 8.27. The molecule has 2 heterocycles. The normalized spacial score (nSPS) is 23.1. The van der Waals surface area contributed by atoms with Gasteiger partial charge in [0.05, 0.1) is 17.7 Å². The van der Waals surface area contributed by atoms with Crippen molar-refractivity contribution in [2.24, 2.45) is 5.92 Å². The van der Waals surface area contributed by atoms with Gasteiger partial charge in [-0.05, 0) is 70.7 Å². The zero-order valence-electron chi connectivity index (χ0n) is 23.6. The highest BCUT2D eigenvalue weighted by atomic mass is 16.5. The summed E-state index contributed by atoms with van der Waals surface area (Å²) < 4.78 is 12.0. The van der Waals surface area contributed by atoms with Gasteiger partial charge >= 0.3 is 6.03 Å². The van der Waals surface area contributed by atoms with Crippen LogP contribution < -0.4 is 10.1 Å². The van der Waals surface area contributed by atoms with Gasteiger partial charge in [-0.25, -0.2) is 4.79 Å². The first-order valence-electron chi connectivity index (χ1n) is 14.4. The molecule has 0 spiro atoms. The summed E-state index contributed by atoms with van der Waals surface area (Å²) in [6.45, 7) is 7.23. The molecule has 2 saturated heterocycles. The van der Waals surface area contributed by atoms with E-state index in [4.69, 9.17) is 9.47 Å². The van der Waals surface area contributed by atoms with Crippen LogP contribution in [0.1, 0.15) is 50.2 Å². The molecule has 4 atom stereocenters. The minimum absolute atomic E-state index is 0.0698. The molecule has 0 aromatic heterocycles. The van der Waals surface area contributed by atoms with Crippen LogP contribution in [0.3, 0.4) is 0 Å². The number of urea groups is 1. The lowest BCUT2D eigenvalue weighted by molar-refractivity contribution is -0.0589. The molecule has 2 aliphatic rings. The number of piperidine rings is 1. The number of amides is 2. The van der Waals surface area contributed by atoms with Crippen LogP contribution >= 0.6 is 0 Å². The van der Waals surface area contributed by atoms with Crippen molar-refractivity contribution in [1.82, 2.24) is 15.1 Å². The van der Waals surface area contributed by atoms with E-state index in [0.717, 1.165) is 42.6 Å². The van der Waals surface area contributed by atoms with E-state index in [2.05, 4.69) is 5.32 Å². The highest BCUT2D eigenvalue weighted by Gasteiger charge is 2.44. The van der Waals surface area contributed by atoms with E-state index in [-0.39, 0.29) is 18.0 Å². The van der Waals surface area contributed by atoms with Crippen LogP contribution in [0.4, 0.5) is 4.79 Å². The first kappa shape index (κ1) is 29.3. The molecule has 0 saturated carbocycles. The molecule has 8 heteroatoms. The standard InChI is InChI=1S/C31H45N3O5/c1-4-38-19-10-9-17-31(37,25-14-6-8-16-29(25)39-28-15-7-5-12-23(28)2)24-13-11-18-33(20-24)30(36)34-21-26(32-3)27(35)22-34/h5-8,12,14-16,24,26-27,32,35,37H,4,9-11,13,17-22H2,1-3H3/t24-,26-,27+,31+/m1/s1. The molecule has 8 nitrogen and oxygen atoms in total. The second kappa shape index (κ2) is 13.6. The Morgan fingerprint density at radius 3 is 2.51 bits per heavy atom. The lowest BCUT2D eigenvalue weighted by Crippen LogP contribution is -2.52. The van der Waals surface area contributed by atoms with Crippen molar-refractivity contribution in [3.05, 3.63) is 59.7 Å². The summed E-state index contributed by atoms with van der Waals surface area (Å²) in [7, 11) is 1.81. The third-order valence-electron chi connectivity index (χ3n) is 8.27. The fraction of sp³-hybridized carbons (Fsp3) is 0.581. The molecule has 214 valence electrons. The maximum absolute atomic E-state index is 13.5. The number of carbonyl (C=O) groups is 1. The van der Waals surface area contributed by atoms with Gasteiger partial charge in [-0.3, -0.25) is 0 Å². The fourth-order valence-corrected chi connectivity index (χ4v) is 5.97. The number of unbranched alkanes of at least 4 members (excludes halogenated alkanes) is 1. The fourth-order valence-electron chi connectivity index (χ4n) is 5.97. The number of nitrogens with one attached hydrogen (secondary N) is 1. The molecule has 0 radical (unpaired) electrons. The van der Waals surface area contributed by atoms with Crippen LogP contribution in [0, 0.1) is 12.8 Å². The molecule has 4 rings (SSSR count). The lowest BCUT2D eigenvalue weighted by atomic mass is 9.73. The van der Waals surface area contributed by atoms with Gasteiger partial charge in [0.15, 0.2) is 0 Å². The summed E-state index contributed by atoms with van der Waals surface area (Å²) in [5, 5.41) is 26.0. The number of ether oxygens (including phenoxy) is 2. The number of carbonyl (C=O) groups excluding carboxylic acids is 1. The van der Waals surface area contributed by atoms with E-state index in [1.54, 1.807) is 11.9 Å². The summed E-state index contributed by atoms with van der Waals surface area (Å²) in [5.74, 6) is 1.24. The number of hydrogen-bond donors (Lipinski definition) is 3. The number of aryl methyl sites for hydroxylation is 1. The van der Waals surface area contributed by atoms with Gasteiger partial charge in [0, 0.05) is 50.9 Å². The van der Waals surface area contributed by atoms with Crippen molar-refractivity contribution in [3.63, 3.8) is 0 Å². The van der Waals surface area contributed by atoms with Gasteiger partial charge in [-0.2, -0.15) is 0 Å². The van der Waals surface area contributed by atoms with E-state index < -0.39 is 11.7 Å². The summed E-state index contributed by atoms with van der Waals surface area (Å²) in [5.41, 5.74) is 0.605. The topological polar surface area (TPSA) is 94.5 Å². The Balaban J connectivity index is 1.59. The van der Waals surface area contributed by atoms with Crippen molar-refractivity contribution < 1.29 is 24.5 Å². The lowest BCUT2D eigenvalue weighted by Gasteiger charge is -2.44. The highest BCUT2D eigenvalue weighted by molar-refractivity contribution is 5.75. The Bertz CT molecular complexity index is 1080. The number of likely N-dealkylation sites (N-methyl/N-ethyl adjacent to an activating group) is 1. The van der Waals surface area contributed by atoms with Crippen LogP contribution in [0.25, 0.3) is 0 Å². The predicted molar refractivity (Wildman–Crippen MR) is 152 cm³/mol. The molecule has 2 aromatic carbocycles. The van der Waals surface area contributed by atoms with Crippen molar-refractivity contribution in [2.45, 2.75) is 63.7 Å². The number of β-amino-alcohol motifs (C(OH)–C–C–N with tert-alkyl or cyclic N) is 1. The Kier molecular flexibility index (Phi) is 10.2. The number of rotatable bonds is 11. The first-order chi connectivity index (χ1) is 18.9. The predicted octanol–water partition coefficient (Wildman–Crippen LogP) is 4.28. The third kappa shape index (κ3) is 6.92. The second-order valence-corrected chi connectivity index (χ2v) is 10.9. The highest BCUT2D eigenvalue weighted by Crippen LogP contribution is 2.44. The number of aliphatic hydroxyl groups is 2. The van der Waals surface area contributed by atoms with Crippen LogP contribution in [0.5, 0.6) is 11.5 Å². The van der Waals surface area contributed by atoms with Gasteiger partial charge in [-0.15, -0.1) is 0 Å². The zero-order chi connectivity index (χ0) is 27.8. The van der Waals surface area contributed by atoms with Crippen LogP contribution in [-0.4, -0.2) is 84.6 Å². The van der Waals surface area contributed by atoms with Crippen molar-refractivity contribution in [1.29, 1.82) is 0 Å². The van der Waals surface area contributed by atoms with E-state index in [1.165, 1.54) is 0 Å². The van der Waals surface area contributed by atoms with Crippen LogP contribution in [0.2, 0.25) is 0 Å². The number of benzene rings is 2. The van der Waals surface area contributed by atoms with Crippen molar-refractivity contribution in [2.75, 3.05) is 46.4 Å². The van der Waals surface area contributed by atoms with E-state index in [9.17, 15) is 15.0 Å². The minimum atomic E-state index is -1.18. The SMILES string of the molecule is CCOCCCC[C@@](O)(c1ccccc1Oc1ccccc1C)[C@@H]1CCCN(C(=O)N2C[C@H](O)[C@H](NC)C2)C1. The van der Waals surface area contributed by atoms with Crippen LogP contribution in [0.15, 0.2) is 48.5 Å². The number of likely N-dealkylation sites (tertiary alicyclic amines) is 2. The second-order valence-electron chi connectivity index (χ2n) is 10.9. The molecule has 2 amide bonds. The van der Waals surface area contributed by atoms with E-state index in [0.29, 0.717) is 51.6 Å². The average Bonchev–Trinajstić information content (AvgIpc) is 3.34. The minimum Gasteiger partial charge on any atom is -0.457 e. The number of hydrogen-bond acceptors (Lipinski definition) is 6. The molecule has 0 aliphatic carbocycles. The van der Waals surface area contributed by atoms with Gasteiger partial charge in [-0.1, -0.05) is 36.4 Å². The van der Waals surface area contributed by atoms with Gasteiger partial charge < -0.3 is 34.8 Å². The Labute approximate surface area is 232 Å². The van der Waals surface area contributed by atoms with Gasteiger partial charge in [0.25, 0.3) is 0 Å². The summed E-state index contributed by atoms with van der Waals surface area (Å²) in [6, 6.07) is 15.4. The molecule has 0 bridgehead atoms. The van der Waals surface area contributed by atoms with Crippen molar-refractivity contribution >= 4 is 6.03 Å². The molecule has 0 unspecified atom stereocenters. The molecule has 2 fully saturated rings. The summed E-state index contributed by atoms with van der Waals surface area (Å²) >= 11 is 0. The largest absolute Gasteiger partial charge is 0.457 e.